The van der Waals surface area contributed by atoms with Gasteiger partial charge in [-0.05, 0) is 26.2 Å². The van der Waals surface area contributed by atoms with Crippen LogP contribution in [0.5, 0.6) is 0 Å². The van der Waals surface area contributed by atoms with Gasteiger partial charge in [0.05, 0.1) is 6.10 Å². The molecule has 0 amide bonds. The average molecular weight is 965 g/mol. The van der Waals surface area contributed by atoms with Crippen LogP contribution in [0, 0.1) is 0 Å². The highest BCUT2D eigenvalue weighted by atomic mass is 16.8. The highest BCUT2D eigenvalue weighted by Crippen LogP contribution is 2.38. The molecule has 0 aromatic heterocycles. The Morgan fingerprint density at radius 2 is 0.716 bits per heavy atom. The van der Waals surface area contributed by atoms with Crippen molar-refractivity contribution >= 4 is 53.7 Å². The fourth-order valence-electron chi connectivity index (χ4n) is 7.84. The van der Waals surface area contributed by atoms with E-state index in [1.54, 1.807) is 0 Å². The SMILES string of the molecule is CC(=O)OCC1O[C@H](O[C@@H]2C(COC(C)=O)O[C@H](O[C@@H]3C(COC(C)=O)O[C@H](C)C(OC(C)=O)[C@H]3OC(C)=O)C(OC(C)=O)[C@H]2OC(C)=O)C(OC(C)=O)[C@@H](OC(C)=O)[C@@H]1OC1CCCCO1. The maximum atomic E-state index is 13.0. The second-order valence-electron chi connectivity index (χ2n) is 15.9. The number of carbonyl (C=O) groups excluding carboxylic acids is 9. The van der Waals surface area contributed by atoms with Crippen LogP contribution < -0.4 is 0 Å². The third-order valence-corrected chi connectivity index (χ3v) is 10.2. The molecule has 0 aromatic rings. The first-order chi connectivity index (χ1) is 31.5. The van der Waals surface area contributed by atoms with Gasteiger partial charge in [-0.25, -0.2) is 0 Å². The molecule has 67 heavy (non-hydrogen) atoms. The molecule has 4 aliphatic heterocycles. The van der Waals surface area contributed by atoms with Crippen LogP contribution in [-0.4, -0.2) is 178 Å². The van der Waals surface area contributed by atoms with Crippen molar-refractivity contribution in [2.24, 2.45) is 0 Å². The molecule has 25 heteroatoms. The molecule has 4 heterocycles. The molecule has 4 saturated heterocycles. The Labute approximate surface area is 385 Å². The lowest BCUT2D eigenvalue weighted by molar-refractivity contribution is -0.378. The van der Waals surface area contributed by atoms with E-state index in [-0.39, 0.29) is 0 Å². The standard InChI is InChI=1S/C42H60O25/c1-18-32(57-22(5)46)36(58-23(6)47)34(28(56-18)15-53-19(2)43)66-42-40(62-27(10)51)38(60-25(8)49)35(30(64-42)17-55-21(4)45)67-41-39(61-26(9)50)37(59-24(7)48)33(29(63-41)16-54-20(3)44)65-31-13-11-12-14-52-31/h18,28-42H,11-17H2,1-10H3/t18-,28?,29?,30?,31?,32?,33-,34-,35-,36-,37+,38+,39?,40?,41-,42-/m1/s1. The molecule has 0 aliphatic carbocycles. The number of ether oxygens (including phenoxy) is 16. The van der Waals surface area contributed by atoms with Gasteiger partial charge in [-0.15, -0.1) is 0 Å². The zero-order valence-corrected chi connectivity index (χ0v) is 38.9. The molecule has 0 spiro atoms. The van der Waals surface area contributed by atoms with Gasteiger partial charge in [0.25, 0.3) is 0 Å². The third-order valence-electron chi connectivity index (χ3n) is 10.2. The Hall–Kier alpha value is -5.05. The van der Waals surface area contributed by atoms with E-state index < -0.39 is 172 Å². The summed E-state index contributed by atoms with van der Waals surface area (Å²) in [5.74, 6) is -7.78. The van der Waals surface area contributed by atoms with Crippen molar-refractivity contribution in [3.63, 3.8) is 0 Å². The van der Waals surface area contributed by atoms with Crippen molar-refractivity contribution in [2.75, 3.05) is 26.4 Å². The van der Waals surface area contributed by atoms with Gasteiger partial charge in [-0.3, -0.25) is 43.2 Å². The minimum atomic E-state index is -1.91. The van der Waals surface area contributed by atoms with Crippen molar-refractivity contribution in [1.29, 1.82) is 0 Å². The van der Waals surface area contributed by atoms with Gasteiger partial charge in [0.1, 0.15) is 56.4 Å². The molecule has 0 saturated carbocycles. The summed E-state index contributed by atoms with van der Waals surface area (Å²) in [7, 11) is 0. The lowest BCUT2D eigenvalue weighted by Crippen LogP contribution is -2.68. The quantitative estimate of drug-likeness (QED) is 0.131. The summed E-state index contributed by atoms with van der Waals surface area (Å²) >= 11 is 0. The molecule has 0 bridgehead atoms. The van der Waals surface area contributed by atoms with Crippen LogP contribution >= 0.6 is 0 Å². The van der Waals surface area contributed by atoms with E-state index in [0.29, 0.717) is 19.4 Å². The predicted molar refractivity (Wildman–Crippen MR) is 213 cm³/mol. The second kappa shape index (κ2) is 25.4. The van der Waals surface area contributed by atoms with E-state index in [1.165, 1.54) is 6.92 Å². The Morgan fingerprint density at radius 1 is 0.388 bits per heavy atom. The maximum absolute atomic E-state index is 13.0. The van der Waals surface area contributed by atoms with Gasteiger partial charge in [0.2, 0.25) is 0 Å². The van der Waals surface area contributed by atoms with E-state index in [2.05, 4.69) is 0 Å². The van der Waals surface area contributed by atoms with Crippen molar-refractivity contribution < 1.29 is 119 Å². The lowest BCUT2D eigenvalue weighted by atomic mass is 9.93. The fraction of sp³-hybridized carbons (Fsp3) is 0.786. The van der Waals surface area contributed by atoms with Crippen LogP contribution in [0.15, 0.2) is 0 Å². The summed E-state index contributed by atoms with van der Waals surface area (Å²) in [6.45, 7) is 9.62. The van der Waals surface area contributed by atoms with Crippen LogP contribution in [-0.2, 0) is 119 Å². The number of rotatable bonds is 18. The highest BCUT2D eigenvalue weighted by Gasteiger charge is 2.59. The van der Waals surface area contributed by atoms with E-state index >= 15 is 0 Å². The largest absolute Gasteiger partial charge is 0.463 e. The lowest BCUT2D eigenvalue weighted by Gasteiger charge is -2.50. The van der Waals surface area contributed by atoms with Crippen LogP contribution in [0.2, 0.25) is 0 Å². The molecule has 378 valence electrons. The van der Waals surface area contributed by atoms with Gasteiger partial charge in [0.15, 0.2) is 55.5 Å². The Kier molecular flexibility index (Phi) is 20.6. The molecule has 0 N–H and O–H groups in total. The molecule has 0 radical (unpaired) electrons. The molecular weight excluding hydrogens is 904 g/mol. The number of esters is 9. The van der Waals surface area contributed by atoms with Crippen LogP contribution in [0.1, 0.15) is 88.5 Å². The van der Waals surface area contributed by atoms with E-state index in [9.17, 15) is 43.2 Å². The number of hydrogen-bond acceptors (Lipinski definition) is 25. The smallest absolute Gasteiger partial charge is 0.303 e. The Morgan fingerprint density at radius 3 is 1.06 bits per heavy atom. The first kappa shape index (κ1) is 54.6. The summed E-state index contributed by atoms with van der Waals surface area (Å²) < 4.78 is 93.7. The fourth-order valence-corrected chi connectivity index (χ4v) is 7.84. The molecular formula is C42H60O25. The average Bonchev–Trinajstić information content (AvgIpc) is 3.21. The predicted octanol–water partition coefficient (Wildman–Crippen LogP) is 0.185. The van der Waals surface area contributed by atoms with Crippen molar-refractivity contribution in [2.45, 2.75) is 187 Å². The summed E-state index contributed by atoms with van der Waals surface area (Å²) in [6.07, 6.45) is -22.7. The van der Waals surface area contributed by atoms with Gasteiger partial charge in [-0.1, -0.05) is 0 Å². The zero-order chi connectivity index (χ0) is 49.7. The number of carbonyl (C=O) groups is 9. The van der Waals surface area contributed by atoms with Crippen LogP contribution in [0.25, 0.3) is 0 Å². The van der Waals surface area contributed by atoms with Gasteiger partial charge in [0, 0.05) is 68.9 Å². The van der Waals surface area contributed by atoms with Crippen molar-refractivity contribution in [1.82, 2.24) is 0 Å². The van der Waals surface area contributed by atoms with Crippen LogP contribution in [0.3, 0.4) is 0 Å². The Balaban J connectivity index is 1.88. The molecule has 0 aromatic carbocycles. The second-order valence-corrected chi connectivity index (χ2v) is 15.9. The highest BCUT2D eigenvalue weighted by molar-refractivity contribution is 5.69. The van der Waals surface area contributed by atoms with Gasteiger partial charge < -0.3 is 75.8 Å². The molecule has 4 aliphatic rings. The van der Waals surface area contributed by atoms with E-state index in [4.69, 9.17) is 75.8 Å². The van der Waals surface area contributed by atoms with Crippen molar-refractivity contribution in [3.8, 4) is 0 Å². The minimum absolute atomic E-state index is 0.332. The van der Waals surface area contributed by atoms with Gasteiger partial charge >= 0.3 is 53.7 Å². The summed E-state index contributed by atoms with van der Waals surface area (Å²) in [6, 6.07) is 0. The van der Waals surface area contributed by atoms with Gasteiger partial charge in [-0.2, -0.15) is 0 Å². The molecule has 7 unspecified atom stereocenters. The van der Waals surface area contributed by atoms with E-state index in [1.807, 2.05) is 0 Å². The summed E-state index contributed by atoms with van der Waals surface area (Å²) in [5, 5.41) is 0. The zero-order valence-electron chi connectivity index (χ0n) is 38.9. The Bertz CT molecular complexity index is 1760. The topological polar surface area (TPSA) is 301 Å². The first-order valence-electron chi connectivity index (χ1n) is 21.5. The minimum Gasteiger partial charge on any atom is -0.463 e. The summed E-state index contributed by atoms with van der Waals surface area (Å²) in [4.78, 5) is 113. The molecule has 25 nitrogen and oxygen atoms in total. The van der Waals surface area contributed by atoms with Crippen molar-refractivity contribution in [3.05, 3.63) is 0 Å². The number of hydrogen-bond donors (Lipinski definition) is 0. The molecule has 4 fully saturated rings. The normalized spacial score (nSPS) is 33.9. The molecule has 4 rings (SSSR count). The summed E-state index contributed by atoms with van der Waals surface area (Å²) in [5.41, 5.74) is 0. The third kappa shape index (κ3) is 16.3. The van der Waals surface area contributed by atoms with E-state index in [0.717, 1.165) is 68.7 Å². The first-order valence-corrected chi connectivity index (χ1v) is 21.5. The molecule has 16 atom stereocenters. The maximum Gasteiger partial charge on any atom is 0.303 e. The monoisotopic (exact) mass is 964 g/mol. The van der Waals surface area contributed by atoms with Crippen LogP contribution in [0.4, 0.5) is 0 Å².